The molecule has 0 amide bonds. The fourth-order valence-corrected chi connectivity index (χ4v) is 4.51. The number of hydrogen-bond acceptors (Lipinski definition) is 8. The highest BCUT2D eigenvalue weighted by Crippen LogP contribution is 2.39. The van der Waals surface area contributed by atoms with Crippen molar-refractivity contribution >= 4 is 17.7 Å². The molecule has 168 valence electrons. The Morgan fingerprint density at radius 2 is 1.91 bits per heavy atom. The van der Waals surface area contributed by atoms with Crippen molar-refractivity contribution in [2.45, 2.75) is 36.1 Å². The number of ether oxygens (including phenoxy) is 5. The number of fused-ring (bicyclic) bond motifs is 1. The van der Waals surface area contributed by atoms with Gasteiger partial charge >= 0.3 is 5.97 Å². The van der Waals surface area contributed by atoms with E-state index in [1.165, 1.54) is 11.8 Å². The van der Waals surface area contributed by atoms with Gasteiger partial charge in [0.15, 0.2) is 6.29 Å². The van der Waals surface area contributed by atoms with Gasteiger partial charge in [-0.05, 0) is 36.1 Å². The van der Waals surface area contributed by atoms with Crippen molar-refractivity contribution in [2.75, 3.05) is 20.0 Å². The Balaban J connectivity index is 1.61. The lowest BCUT2D eigenvalue weighted by molar-refractivity contribution is -0.304. The van der Waals surface area contributed by atoms with Gasteiger partial charge in [-0.2, -0.15) is 0 Å². The van der Waals surface area contributed by atoms with E-state index in [2.05, 4.69) is 10.0 Å². The van der Waals surface area contributed by atoms with Crippen molar-refractivity contribution in [3.05, 3.63) is 76.2 Å². The minimum atomic E-state index is -0.848. The third-order valence-corrected chi connectivity index (χ3v) is 6.22. The highest BCUT2D eigenvalue weighted by Gasteiger charge is 2.51. The van der Waals surface area contributed by atoms with Crippen LogP contribution in [-0.2, 0) is 18.9 Å². The van der Waals surface area contributed by atoms with Gasteiger partial charge in [0, 0.05) is 10.5 Å². The number of thioether (sulfide) groups is 1. The topological polar surface area (TPSA) is 112 Å². The molecule has 0 aliphatic carbocycles. The van der Waals surface area contributed by atoms with E-state index in [1.54, 1.807) is 31.4 Å². The number of benzene rings is 2. The summed E-state index contributed by atoms with van der Waals surface area (Å²) in [5, 5.41) is 3.90. The molecule has 32 heavy (non-hydrogen) atoms. The van der Waals surface area contributed by atoms with E-state index in [0.29, 0.717) is 11.3 Å². The van der Waals surface area contributed by atoms with Crippen molar-refractivity contribution in [3.63, 3.8) is 0 Å². The van der Waals surface area contributed by atoms with Crippen LogP contribution in [0.5, 0.6) is 5.75 Å². The predicted molar refractivity (Wildman–Crippen MR) is 117 cm³/mol. The first-order valence-corrected chi connectivity index (χ1v) is 11.3. The third-order valence-electron chi connectivity index (χ3n) is 5.37. The Labute approximate surface area is 189 Å². The monoisotopic (exact) mass is 457 g/mol. The lowest BCUT2D eigenvalue weighted by Crippen LogP contribution is -2.61. The second-order valence-corrected chi connectivity index (χ2v) is 8.19. The maximum Gasteiger partial charge on any atom is 0.338 e. The van der Waals surface area contributed by atoms with Crippen LogP contribution in [0.3, 0.4) is 0 Å². The maximum atomic E-state index is 12.8. The highest BCUT2D eigenvalue weighted by atomic mass is 32.2. The summed E-state index contributed by atoms with van der Waals surface area (Å²) in [6.07, 6.45) is -0.866. The van der Waals surface area contributed by atoms with Crippen LogP contribution in [0.2, 0.25) is 0 Å². The first kappa shape index (κ1) is 22.4. The molecule has 10 heteroatoms. The zero-order valence-corrected chi connectivity index (χ0v) is 18.4. The minimum absolute atomic E-state index is 0.237. The zero-order valence-electron chi connectivity index (χ0n) is 17.6. The summed E-state index contributed by atoms with van der Waals surface area (Å²) in [6, 6.07) is 15.2. The van der Waals surface area contributed by atoms with Crippen LogP contribution in [0, 0.1) is 0 Å². The van der Waals surface area contributed by atoms with Gasteiger partial charge in [0.2, 0.25) is 0 Å². The molecule has 2 aromatic rings. The summed E-state index contributed by atoms with van der Waals surface area (Å²) in [4.78, 5) is 15.8. The Bertz CT molecular complexity index is 969. The van der Waals surface area contributed by atoms with Crippen molar-refractivity contribution in [3.8, 4) is 5.75 Å². The number of hydrogen-bond donors (Lipinski definition) is 0. The van der Waals surface area contributed by atoms with Crippen LogP contribution in [0.15, 0.2) is 59.7 Å². The lowest BCUT2D eigenvalue weighted by atomic mass is 9.97. The molecule has 2 saturated heterocycles. The first-order chi connectivity index (χ1) is 15.6. The van der Waals surface area contributed by atoms with Gasteiger partial charge in [-0.1, -0.05) is 35.4 Å². The van der Waals surface area contributed by atoms with E-state index in [4.69, 9.17) is 29.2 Å². The molecule has 9 nitrogen and oxygen atoms in total. The average Bonchev–Trinajstić information content (AvgIpc) is 2.85. The number of methoxy groups -OCH3 is 1. The van der Waals surface area contributed by atoms with Crippen molar-refractivity contribution in [1.29, 1.82) is 0 Å². The molecule has 4 unspecified atom stereocenters. The van der Waals surface area contributed by atoms with Gasteiger partial charge in [0.25, 0.3) is 0 Å². The summed E-state index contributed by atoms with van der Waals surface area (Å²) >= 11 is 1.37. The minimum Gasteiger partial charge on any atom is -0.497 e. The van der Waals surface area contributed by atoms with Crippen molar-refractivity contribution in [1.82, 2.24) is 0 Å². The van der Waals surface area contributed by atoms with Gasteiger partial charge < -0.3 is 23.7 Å². The standard InChI is InChI=1S/C22H23N3O6S/c1-27-15-10-8-14(9-11-15)21-28-12-16-18(31-21)19(17(24-25-23)22(29-16)32-2)30-20(26)13-6-4-3-5-7-13/h3-11,16-19,21-22H,12H2,1-2H3/t16?,17?,18-,19?,21?,22+/m1/s1. The zero-order chi connectivity index (χ0) is 22.5. The van der Waals surface area contributed by atoms with Gasteiger partial charge in [-0.3, -0.25) is 0 Å². The van der Waals surface area contributed by atoms with E-state index >= 15 is 0 Å². The molecule has 0 N–H and O–H groups in total. The van der Waals surface area contributed by atoms with E-state index < -0.39 is 42.0 Å². The van der Waals surface area contributed by atoms with Crippen LogP contribution in [0.1, 0.15) is 22.2 Å². The van der Waals surface area contributed by atoms with E-state index in [1.807, 2.05) is 36.6 Å². The number of nitrogens with zero attached hydrogens (tertiary/aromatic N) is 3. The molecule has 0 spiro atoms. The molecular weight excluding hydrogens is 434 g/mol. The fraction of sp³-hybridized carbons (Fsp3) is 0.409. The fourth-order valence-electron chi connectivity index (χ4n) is 3.77. The largest absolute Gasteiger partial charge is 0.497 e. The molecule has 2 aliphatic rings. The molecule has 2 aliphatic heterocycles. The van der Waals surface area contributed by atoms with Crippen molar-refractivity contribution < 1.29 is 28.5 Å². The van der Waals surface area contributed by atoms with E-state index in [9.17, 15) is 4.79 Å². The number of azide groups is 1. The second-order valence-electron chi connectivity index (χ2n) is 7.25. The summed E-state index contributed by atoms with van der Waals surface area (Å²) in [5.41, 5.74) is 9.82. The average molecular weight is 458 g/mol. The highest BCUT2D eigenvalue weighted by molar-refractivity contribution is 7.99. The van der Waals surface area contributed by atoms with Crippen LogP contribution >= 0.6 is 11.8 Å². The SMILES string of the molecule is COc1ccc(C2OCC3O[C@@H](SC)C(N=[N+]=[N-])C(OC(=O)c4ccccc4)[C@@H]3O2)cc1. The van der Waals surface area contributed by atoms with Gasteiger partial charge in [-0.25, -0.2) is 4.79 Å². The summed E-state index contributed by atoms with van der Waals surface area (Å²) < 4.78 is 29.3. The number of carbonyl (C=O) groups excluding carboxylic acids is 1. The summed E-state index contributed by atoms with van der Waals surface area (Å²) in [6.45, 7) is 0.237. The smallest absolute Gasteiger partial charge is 0.338 e. The van der Waals surface area contributed by atoms with Crippen LogP contribution in [0.4, 0.5) is 0 Å². The maximum absolute atomic E-state index is 12.8. The molecule has 0 aromatic heterocycles. The summed E-state index contributed by atoms with van der Waals surface area (Å²) in [5.74, 6) is 0.190. The Morgan fingerprint density at radius 3 is 2.56 bits per heavy atom. The molecule has 0 bridgehead atoms. The Kier molecular flexibility index (Phi) is 7.19. The second kappa shape index (κ2) is 10.2. The number of rotatable bonds is 6. The normalized spacial score (nSPS) is 29.3. The molecule has 2 fully saturated rings. The molecule has 4 rings (SSSR count). The van der Waals surface area contributed by atoms with Crippen molar-refractivity contribution in [2.24, 2.45) is 5.11 Å². The number of carbonyl (C=O) groups is 1. The Hall–Kier alpha value is -2.75. The number of esters is 1. The summed E-state index contributed by atoms with van der Waals surface area (Å²) in [7, 11) is 1.59. The third kappa shape index (κ3) is 4.69. The molecule has 2 aromatic carbocycles. The van der Waals surface area contributed by atoms with Gasteiger partial charge in [0.05, 0.1) is 19.3 Å². The van der Waals surface area contributed by atoms with Crippen LogP contribution in [0.25, 0.3) is 10.4 Å². The predicted octanol–water partition coefficient (Wildman–Crippen LogP) is 4.10. The molecule has 0 radical (unpaired) electrons. The molecule has 0 saturated carbocycles. The van der Waals surface area contributed by atoms with Gasteiger partial charge in [0.1, 0.15) is 35.5 Å². The quantitative estimate of drug-likeness (QED) is 0.278. The van der Waals surface area contributed by atoms with E-state index in [-0.39, 0.29) is 6.61 Å². The van der Waals surface area contributed by atoms with Crippen LogP contribution in [-0.4, -0.2) is 55.7 Å². The molecular formula is C22H23N3O6S. The molecule has 2 heterocycles. The van der Waals surface area contributed by atoms with E-state index in [0.717, 1.165) is 5.56 Å². The lowest BCUT2D eigenvalue weighted by Gasteiger charge is -2.47. The van der Waals surface area contributed by atoms with Gasteiger partial charge in [-0.15, -0.1) is 11.8 Å². The van der Waals surface area contributed by atoms with Crippen LogP contribution < -0.4 is 4.74 Å². The molecule has 6 atom stereocenters. The Morgan fingerprint density at radius 1 is 1.16 bits per heavy atom. The first-order valence-electron chi connectivity index (χ1n) is 10.0.